The van der Waals surface area contributed by atoms with Crippen LogP contribution >= 0.6 is 0 Å². The van der Waals surface area contributed by atoms with Crippen LogP contribution in [0.4, 0.5) is 0 Å². The molecule has 1 aliphatic rings. The van der Waals surface area contributed by atoms with Gasteiger partial charge in [-0.2, -0.15) is 0 Å². The summed E-state index contributed by atoms with van der Waals surface area (Å²) < 4.78 is 0. The standard InChI is InChI=1S/C9H13NO2/c1-3-8-7(6(2)11)4-5-9(12)10-8/h3-5H2,1-2H3,(H,10,12). The zero-order valence-corrected chi connectivity index (χ0v) is 7.44. The van der Waals surface area contributed by atoms with Crippen LogP contribution in [0, 0.1) is 0 Å². The van der Waals surface area contributed by atoms with Gasteiger partial charge in [-0.3, -0.25) is 9.59 Å². The average molecular weight is 167 g/mol. The highest BCUT2D eigenvalue weighted by atomic mass is 16.2. The van der Waals surface area contributed by atoms with Crippen molar-refractivity contribution < 1.29 is 9.59 Å². The number of carbonyl (C=O) groups excluding carboxylic acids is 2. The Labute approximate surface area is 71.8 Å². The Morgan fingerprint density at radius 1 is 1.50 bits per heavy atom. The van der Waals surface area contributed by atoms with Gasteiger partial charge < -0.3 is 5.32 Å². The van der Waals surface area contributed by atoms with Crippen LogP contribution in [0.1, 0.15) is 33.1 Å². The minimum absolute atomic E-state index is 0.0249. The lowest BCUT2D eigenvalue weighted by Crippen LogP contribution is -2.29. The molecule has 0 radical (unpaired) electrons. The van der Waals surface area contributed by atoms with Gasteiger partial charge in [0.15, 0.2) is 5.78 Å². The van der Waals surface area contributed by atoms with Crippen LogP contribution in [0.15, 0.2) is 11.3 Å². The van der Waals surface area contributed by atoms with Gasteiger partial charge >= 0.3 is 0 Å². The Morgan fingerprint density at radius 3 is 2.67 bits per heavy atom. The summed E-state index contributed by atoms with van der Waals surface area (Å²) in [6, 6.07) is 0. The molecule has 1 rings (SSSR count). The lowest BCUT2D eigenvalue weighted by atomic mass is 9.99. The number of hydrogen-bond acceptors (Lipinski definition) is 2. The number of ketones is 1. The molecule has 1 aliphatic heterocycles. The van der Waals surface area contributed by atoms with Gasteiger partial charge in [-0.25, -0.2) is 0 Å². The fourth-order valence-corrected chi connectivity index (χ4v) is 1.39. The summed E-state index contributed by atoms with van der Waals surface area (Å²) >= 11 is 0. The van der Waals surface area contributed by atoms with Crippen LogP contribution in [0.5, 0.6) is 0 Å². The first kappa shape index (κ1) is 8.97. The summed E-state index contributed by atoms with van der Waals surface area (Å²) in [5.74, 6) is 0.101. The van der Waals surface area contributed by atoms with Gasteiger partial charge in [-0.15, -0.1) is 0 Å². The maximum Gasteiger partial charge on any atom is 0.224 e. The van der Waals surface area contributed by atoms with Crippen LogP contribution in [-0.4, -0.2) is 11.7 Å². The Kier molecular flexibility index (Phi) is 2.63. The Morgan fingerprint density at radius 2 is 2.17 bits per heavy atom. The molecule has 0 saturated heterocycles. The third-order valence-corrected chi connectivity index (χ3v) is 2.04. The van der Waals surface area contributed by atoms with Crippen molar-refractivity contribution in [2.24, 2.45) is 0 Å². The zero-order valence-electron chi connectivity index (χ0n) is 7.44. The van der Waals surface area contributed by atoms with Crippen LogP contribution in [-0.2, 0) is 9.59 Å². The number of nitrogens with one attached hydrogen (secondary N) is 1. The smallest absolute Gasteiger partial charge is 0.224 e. The summed E-state index contributed by atoms with van der Waals surface area (Å²) in [7, 11) is 0. The molecule has 3 heteroatoms. The van der Waals surface area contributed by atoms with E-state index in [1.165, 1.54) is 0 Å². The number of amides is 1. The van der Waals surface area contributed by atoms with E-state index in [-0.39, 0.29) is 11.7 Å². The normalized spacial score (nSPS) is 17.7. The molecule has 0 unspecified atom stereocenters. The molecule has 0 saturated carbocycles. The van der Waals surface area contributed by atoms with Crippen LogP contribution in [0.25, 0.3) is 0 Å². The number of allylic oxidation sites excluding steroid dienone is 2. The van der Waals surface area contributed by atoms with Gasteiger partial charge in [0, 0.05) is 17.7 Å². The summed E-state index contributed by atoms with van der Waals surface area (Å²) in [6.07, 6.45) is 1.77. The molecule has 0 spiro atoms. The maximum absolute atomic E-state index is 11.1. The van der Waals surface area contributed by atoms with Crippen LogP contribution in [0.2, 0.25) is 0 Å². The van der Waals surface area contributed by atoms with E-state index in [2.05, 4.69) is 5.32 Å². The molecule has 1 N–H and O–H groups in total. The van der Waals surface area contributed by atoms with Gasteiger partial charge in [0.25, 0.3) is 0 Å². The van der Waals surface area contributed by atoms with Crippen molar-refractivity contribution in [2.75, 3.05) is 0 Å². The van der Waals surface area contributed by atoms with Gasteiger partial charge in [0.2, 0.25) is 5.91 Å². The van der Waals surface area contributed by atoms with E-state index in [1.54, 1.807) is 6.92 Å². The Bertz CT molecular complexity index is 253. The molecule has 0 aromatic heterocycles. The fraction of sp³-hybridized carbons (Fsp3) is 0.556. The summed E-state index contributed by atoms with van der Waals surface area (Å²) in [5, 5.41) is 2.72. The molecule has 0 aliphatic carbocycles. The Balaban J connectivity index is 2.91. The fourth-order valence-electron chi connectivity index (χ4n) is 1.39. The van der Waals surface area contributed by atoms with Gasteiger partial charge in [0.05, 0.1) is 0 Å². The van der Waals surface area contributed by atoms with E-state index < -0.39 is 0 Å². The van der Waals surface area contributed by atoms with E-state index >= 15 is 0 Å². The van der Waals surface area contributed by atoms with Gasteiger partial charge in [-0.1, -0.05) is 6.92 Å². The van der Waals surface area contributed by atoms with Gasteiger partial charge in [-0.05, 0) is 19.8 Å². The number of carbonyl (C=O) groups is 2. The van der Waals surface area contributed by atoms with Crippen molar-refractivity contribution in [3.63, 3.8) is 0 Å². The maximum atomic E-state index is 11.1. The average Bonchev–Trinajstić information content (AvgIpc) is 2.03. The number of hydrogen-bond donors (Lipinski definition) is 1. The summed E-state index contributed by atoms with van der Waals surface area (Å²) in [6.45, 7) is 3.48. The minimum atomic E-state index is 0.0249. The third kappa shape index (κ3) is 1.72. The summed E-state index contributed by atoms with van der Waals surface area (Å²) in [4.78, 5) is 22.0. The molecule has 0 bridgehead atoms. The second kappa shape index (κ2) is 3.52. The molecule has 12 heavy (non-hydrogen) atoms. The minimum Gasteiger partial charge on any atom is -0.329 e. The van der Waals surface area contributed by atoms with E-state index in [4.69, 9.17) is 0 Å². The highest BCUT2D eigenvalue weighted by Gasteiger charge is 2.18. The second-order valence-corrected chi connectivity index (χ2v) is 2.92. The molecule has 1 heterocycles. The quantitative estimate of drug-likeness (QED) is 0.670. The number of rotatable bonds is 2. The molecule has 0 fully saturated rings. The van der Waals surface area contributed by atoms with Crippen molar-refractivity contribution in [1.82, 2.24) is 5.32 Å². The van der Waals surface area contributed by atoms with Crippen molar-refractivity contribution >= 4 is 11.7 Å². The van der Waals surface area contributed by atoms with Crippen molar-refractivity contribution in [3.8, 4) is 0 Å². The second-order valence-electron chi connectivity index (χ2n) is 2.92. The SMILES string of the molecule is CCC1=C(C(C)=O)CCC(=O)N1. The highest BCUT2D eigenvalue weighted by Crippen LogP contribution is 2.17. The molecule has 3 nitrogen and oxygen atoms in total. The molecule has 1 amide bonds. The molecular weight excluding hydrogens is 154 g/mol. The first-order chi connectivity index (χ1) is 5.65. The van der Waals surface area contributed by atoms with Crippen LogP contribution < -0.4 is 5.32 Å². The largest absolute Gasteiger partial charge is 0.329 e. The predicted octanol–water partition coefficient (Wildman–Crippen LogP) is 1.15. The summed E-state index contributed by atoms with van der Waals surface area (Å²) in [5.41, 5.74) is 1.59. The molecule has 66 valence electrons. The molecule has 0 atom stereocenters. The molecular formula is C9H13NO2. The van der Waals surface area contributed by atoms with Crippen molar-refractivity contribution in [1.29, 1.82) is 0 Å². The Hall–Kier alpha value is -1.12. The van der Waals surface area contributed by atoms with E-state index in [1.807, 2.05) is 6.92 Å². The van der Waals surface area contributed by atoms with Crippen molar-refractivity contribution in [2.45, 2.75) is 33.1 Å². The van der Waals surface area contributed by atoms with Gasteiger partial charge in [0.1, 0.15) is 0 Å². The monoisotopic (exact) mass is 167 g/mol. The van der Waals surface area contributed by atoms with E-state index in [9.17, 15) is 9.59 Å². The molecule has 0 aromatic rings. The first-order valence-corrected chi connectivity index (χ1v) is 4.18. The lowest BCUT2D eigenvalue weighted by Gasteiger charge is -2.18. The highest BCUT2D eigenvalue weighted by molar-refractivity contribution is 5.97. The number of Topliss-reactive ketones (excluding diaryl/α,β-unsaturated/α-hetero) is 1. The van der Waals surface area contributed by atoms with E-state index in [0.29, 0.717) is 12.8 Å². The topological polar surface area (TPSA) is 46.2 Å². The van der Waals surface area contributed by atoms with E-state index in [0.717, 1.165) is 17.7 Å². The van der Waals surface area contributed by atoms with Crippen LogP contribution in [0.3, 0.4) is 0 Å². The predicted molar refractivity (Wildman–Crippen MR) is 45.4 cm³/mol. The molecule has 0 aromatic carbocycles. The first-order valence-electron chi connectivity index (χ1n) is 4.18. The van der Waals surface area contributed by atoms with Crippen molar-refractivity contribution in [3.05, 3.63) is 11.3 Å². The zero-order chi connectivity index (χ0) is 9.14. The lowest BCUT2D eigenvalue weighted by molar-refractivity contribution is -0.121. The third-order valence-electron chi connectivity index (χ3n) is 2.04.